The number of hydrogen-bond donors (Lipinski definition) is 1. The second-order valence-corrected chi connectivity index (χ2v) is 5.62. The molecule has 0 aliphatic rings. The highest BCUT2D eigenvalue weighted by molar-refractivity contribution is 6.30. The van der Waals surface area contributed by atoms with Crippen molar-refractivity contribution in [2.75, 3.05) is 0 Å². The minimum absolute atomic E-state index is 0.0985. The van der Waals surface area contributed by atoms with E-state index >= 15 is 0 Å². The van der Waals surface area contributed by atoms with Gasteiger partial charge in [-0.2, -0.15) is 5.11 Å². The van der Waals surface area contributed by atoms with Crippen LogP contribution in [0.5, 0.6) is 0 Å². The molecule has 8 nitrogen and oxygen atoms in total. The highest BCUT2D eigenvalue weighted by atomic mass is 35.5. The molecule has 0 bridgehead atoms. The summed E-state index contributed by atoms with van der Waals surface area (Å²) in [5.74, 6) is 0. The van der Waals surface area contributed by atoms with Crippen LogP contribution >= 0.6 is 11.6 Å². The van der Waals surface area contributed by atoms with Crippen molar-refractivity contribution in [3.63, 3.8) is 0 Å². The Balaban J connectivity index is 1.98. The monoisotopic (exact) mass is 357 g/mol. The highest BCUT2D eigenvalue weighted by Gasteiger charge is 2.12. The molecule has 0 unspecified atom stereocenters. The van der Waals surface area contributed by atoms with E-state index in [4.69, 9.17) is 11.6 Å². The summed E-state index contributed by atoms with van der Waals surface area (Å²) in [6.45, 7) is 1.68. The predicted octanol–water partition coefficient (Wildman–Crippen LogP) is 4.45. The number of nitro benzene ring substituents is 1. The zero-order valence-electron chi connectivity index (χ0n) is 13.0. The average molecular weight is 358 g/mol. The number of rotatable bonds is 4. The number of nitro groups is 1. The van der Waals surface area contributed by atoms with Crippen molar-refractivity contribution in [1.29, 1.82) is 0 Å². The lowest BCUT2D eigenvalue weighted by molar-refractivity contribution is -0.384. The van der Waals surface area contributed by atoms with Crippen LogP contribution in [0.25, 0.3) is 5.69 Å². The minimum atomic E-state index is -0.521. The van der Waals surface area contributed by atoms with Gasteiger partial charge in [-0.1, -0.05) is 23.7 Å². The number of aromatic nitrogens is 2. The van der Waals surface area contributed by atoms with E-state index < -0.39 is 10.5 Å². The van der Waals surface area contributed by atoms with E-state index in [2.05, 4.69) is 15.3 Å². The number of halogens is 1. The van der Waals surface area contributed by atoms with E-state index in [-0.39, 0.29) is 17.1 Å². The molecule has 0 saturated carbocycles. The zero-order chi connectivity index (χ0) is 18.0. The van der Waals surface area contributed by atoms with Crippen molar-refractivity contribution < 1.29 is 4.92 Å². The van der Waals surface area contributed by atoms with Crippen molar-refractivity contribution in [2.45, 2.75) is 6.92 Å². The Hall–Kier alpha value is -3.26. The molecule has 0 saturated heterocycles. The number of nitrogens with zero attached hydrogens (tertiary/aromatic N) is 4. The molecular formula is C16H12ClN5O3. The van der Waals surface area contributed by atoms with Gasteiger partial charge in [0.15, 0.2) is 5.69 Å². The maximum atomic E-state index is 12.5. The molecule has 2 aromatic carbocycles. The Labute approximate surface area is 146 Å². The molecule has 1 N–H and O–H groups in total. The number of aryl methyl sites for hydroxylation is 1. The fraction of sp³-hybridized carbons (Fsp3) is 0.0625. The van der Waals surface area contributed by atoms with Gasteiger partial charge in [0.1, 0.15) is 0 Å². The van der Waals surface area contributed by atoms with Gasteiger partial charge >= 0.3 is 0 Å². The molecular weight excluding hydrogens is 346 g/mol. The highest BCUT2D eigenvalue weighted by Crippen LogP contribution is 2.23. The zero-order valence-corrected chi connectivity index (χ0v) is 13.8. The summed E-state index contributed by atoms with van der Waals surface area (Å²) >= 11 is 5.95. The van der Waals surface area contributed by atoms with Gasteiger partial charge in [0, 0.05) is 17.2 Å². The van der Waals surface area contributed by atoms with Crippen LogP contribution in [0, 0.1) is 17.0 Å². The smallest absolute Gasteiger partial charge is 0.293 e. The normalized spacial score (nSPS) is 11.1. The number of non-ortho nitro benzene ring substituents is 1. The molecule has 0 radical (unpaired) electrons. The van der Waals surface area contributed by atoms with Crippen LogP contribution in [-0.2, 0) is 0 Å². The molecule has 0 aliphatic heterocycles. The predicted molar refractivity (Wildman–Crippen MR) is 93.4 cm³/mol. The van der Waals surface area contributed by atoms with E-state index in [1.807, 2.05) is 0 Å². The lowest BCUT2D eigenvalue weighted by Crippen LogP contribution is -2.13. The number of aromatic amines is 1. The number of nitrogens with one attached hydrogen (secondary N) is 1. The van der Waals surface area contributed by atoms with Crippen LogP contribution in [0.1, 0.15) is 5.69 Å². The van der Waals surface area contributed by atoms with Gasteiger partial charge in [0.05, 0.1) is 22.0 Å². The average Bonchev–Trinajstić information content (AvgIpc) is 2.87. The van der Waals surface area contributed by atoms with Crippen molar-refractivity contribution >= 4 is 28.7 Å². The van der Waals surface area contributed by atoms with E-state index in [1.54, 1.807) is 37.3 Å². The van der Waals surface area contributed by atoms with Crippen molar-refractivity contribution in [3.8, 4) is 5.69 Å². The Morgan fingerprint density at radius 2 is 1.92 bits per heavy atom. The topological polar surface area (TPSA) is 106 Å². The Kier molecular flexibility index (Phi) is 4.44. The first-order valence-corrected chi connectivity index (χ1v) is 7.57. The van der Waals surface area contributed by atoms with Gasteiger partial charge < -0.3 is 0 Å². The maximum absolute atomic E-state index is 12.5. The molecule has 1 aromatic heterocycles. The largest absolute Gasteiger partial charge is 0.299 e. The molecule has 0 fully saturated rings. The summed E-state index contributed by atoms with van der Waals surface area (Å²) in [4.78, 5) is 22.8. The standard InChI is InChI=1S/C16H12ClN5O3/c1-10-15(19-18-12-5-3-7-14(9-12)22(24)25)16(23)21(20-10)13-6-2-4-11(17)8-13/h2-9,20H,1H3. The van der Waals surface area contributed by atoms with E-state index in [1.165, 1.54) is 22.9 Å². The number of benzene rings is 2. The van der Waals surface area contributed by atoms with Gasteiger partial charge in [-0.25, -0.2) is 4.68 Å². The maximum Gasteiger partial charge on any atom is 0.299 e. The van der Waals surface area contributed by atoms with Crippen LogP contribution in [0.2, 0.25) is 5.02 Å². The first-order chi connectivity index (χ1) is 12.0. The van der Waals surface area contributed by atoms with Crippen LogP contribution in [0.4, 0.5) is 17.1 Å². The molecule has 0 amide bonds. The molecule has 0 spiro atoms. The molecule has 126 valence electrons. The first kappa shape index (κ1) is 16.6. The van der Waals surface area contributed by atoms with E-state index in [0.717, 1.165) is 0 Å². The summed E-state index contributed by atoms with van der Waals surface area (Å²) in [5, 5.41) is 22.1. The summed E-state index contributed by atoms with van der Waals surface area (Å²) in [7, 11) is 0. The lowest BCUT2D eigenvalue weighted by atomic mass is 10.3. The number of H-pyrrole nitrogens is 1. The molecule has 3 rings (SSSR count). The third-order valence-electron chi connectivity index (χ3n) is 3.41. The molecule has 1 heterocycles. The van der Waals surface area contributed by atoms with E-state index in [0.29, 0.717) is 16.4 Å². The second-order valence-electron chi connectivity index (χ2n) is 5.18. The summed E-state index contributed by atoms with van der Waals surface area (Å²) in [5.41, 5.74) is 0.985. The van der Waals surface area contributed by atoms with Crippen LogP contribution < -0.4 is 5.56 Å². The van der Waals surface area contributed by atoms with Gasteiger partial charge in [-0.3, -0.25) is 20.0 Å². The van der Waals surface area contributed by atoms with E-state index in [9.17, 15) is 14.9 Å². The van der Waals surface area contributed by atoms with Gasteiger partial charge in [-0.15, -0.1) is 5.11 Å². The summed E-state index contributed by atoms with van der Waals surface area (Å²) in [6.07, 6.45) is 0. The molecule has 3 aromatic rings. The number of azo groups is 1. The molecule has 0 atom stereocenters. The first-order valence-electron chi connectivity index (χ1n) is 7.19. The Morgan fingerprint density at radius 3 is 2.64 bits per heavy atom. The quantitative estimate of drug-likeness (QED) is 0.423. The fourth-order valence-electron chi connectivity index (χ4n) is 2.23. The van der Waals surface area contributed by atoms with Crippen molar-refractivity contribution in [2.24, 2.45) is 10.2 Å². The number of hydrogen-bond acceptors (Lipinski definition) is 5. The van der Waals surface area contributed by atoms with Crippen LogP contribution in [0.15, 0.2) is 63.6 Å². The summed E-state index contributed by atoms with van der Waals surface area (Å²) < 4.78 is 1.31. The van der Waals surface area contributed by atoms with Gasteiger partial charge in [0.2, 0.25) is 0 Å². The summed E-state index contributed by atoms with van der Waals surface area (Å²) in [6, 6.07) is 12.5. The van der Waals surface area contributed by atoms with Gasteiger partial charge in [0.25, 0.3) is 11.2 Å². The third kappa shape index (κ3) is 3.48. The third-order valence-corrected chi connectivity index (χ3v) is 3.65. The van der Waals surface area contributed by atoms with Crippen LogP contribution in [-0.4, -0.2) is 14.7 Å². The lowest BCUT2D eigenvalue weighted by Gasteiger charge is -2.00. The van der Waals surface area contributed by atoms with Gasteiger partial charge in [-0.05, 0) is 31.2 Å². The van der Waals surface area contributed by atoms with Crippen LogP contribution in [0.3, 0.4) is 0 Å². The fourth-order valence-corrected chi connectivity index (χ4v) is 2.41. The molecule has 25 heavy (non-hydrogen) atoms. The molecule has 9 heteroatoms. The Morgan fingerprint density at radius 1 is 1.16 bits per heavy atom. The Bertz CT molecular complexity index is 1040. The second kappa shape index (κ2) is 6.70. The molecule has 0 aliphatic carbocycles. The van der Waals surface area contributed by atoms with Crippen molar-refractivity contribution in [3.05, 3.63) is 79.7 Å². The van der Waals surface area contributed by atoms with Crippen molar-refractivity contribution in [1.82, 2.24) is 9.78 Å². The SMILES string of the molecule is Cc1[nH]n(-c2cccc(Cl)c2)c(=O)c1N=Nc1cccc([N+](=O)[O-])c1. The minimum Gasteiger partial charge on any atom is -0.293 e.